The Morgan fingerprint density at radius 1 is 1.67 bits per heavy atom. The Kier molecular flexibility index (Phi) is 1.05. The van der Waals surface area contributed by atoms with Gasteiger partial charge in [0.25, 0.3) is 0 Å². The van der Waals surface area contributed by atoms with Gasteiger partial charge in [0, 0.05) is 13.1 Å². The van der Waals surface area contributed by atoms with Crippen LogP contribution < -0.4 is 10.7 Å². The maximum Gasteiger partial charge on any atom is 0.130 e. The summed E-state index contributed by atoms with van der Waals surface area (Å²) in [6.45, 7) is 2.84. The standard InChI is InChI=1S/C5H9N4/c1-2-9-4-7-8-5(9)3-6-1/h4-5,8H,1-3H2. The lowest BCUT2D eigenvalue weighted by Gasteiger charge is -2.27. The molecule has 1 saturated heterocycles. The van der Waals surface area contributed by atoms with Crippen LogP contribution in [0.5, 0.6) is 0 Å². The van der Waals surface area contributed by atoms with E-state index < -0.39 is 0 Å². The molecule has 4 heteroatoms. The van der Waals surface area contributed by atoms with Crippen LogP contribution in [0.4, 0.5) is 0 Å². The van der Waals surface area contributed by atoms with Gasteiger partial charge in [-0.1, -0.05) is 0 Å². The second-order valence-electron chi connectivity index (χ2n) is 2.26. The summed E-state index contributed by atoms with van der Waals surface area (Å²) in [5.41, 5.74) is 2.96. The third-order valence-corrected chi connectivity index (χ3v) is 1.65. The van der Waals surface area contributed by atoms with E-state index >= 15 is 0 Å². The van der Waals surface area contributed by atoms with E-state index in [4.69, 9.17) is 0 Å². The predicted octanol–water partition coefficient (Wildman–Crippen LogP) is -1.22. The maximum absolute atomic E-state index is 4.24. The van der Waals surface area contributed by atoms with Crippen molar-refractivity contribution in [2.24, 2.45) is 5.10 Å². The van der Waals surface area contributed by atoms with Gasteiger partial charge in [-0.25, -0.2) is 5.32 Å². The molecule has 2 heterocycles. The molecule has 49 valence electrons. The number of fused-ring (bicyclic) bond motifs is 1. The van der Waals surface area contributed by atoms with Crippen LogP contribution in [-0.4, -0.2) is 37.0 Å². The first-order valence-electron chi connectivity index (χ1n) is 3.14. The van der Waals surface area contributed by atoms with Gasteiger partial charge in [0.1, 0.15) is 12.5 Å². The minimum atomic E-state index is 0.360. The smallest absolute Gasteiger partial charge is 0.130 e. The molecule has 0 aromatic heterocycles. The van der Waals surface area contributed by atoms with Crippen molar-refractivity contribution in [2.45, 2.75) is 6.17 Å². The Bertz CT molecular complexity index is 133. The van der Waals surface area contributed by atoms with Crippen molar-refractivity contribution in [3.8, 4) is 0 Å². The van der Waals surface area contributed by atoms with Crippen LogP contribution in [0.15, 0.2) is 5.10 Å². The van der Waals surface area contributed by atoms with Gasteiger partial charge in [0.2, 0.25) is 0 Å². The van der Waals surface area contributed by atoms with Gasteiger partial charge in [-0.05, 0) is 0 Å². The average Bonchev–Trinajstić information content (AvgIpc) is 2.33. The van der Waals surface area contributed by atoms with Crippen molar-refractivity contribution in [1.29, 1.82) is 0 Å². The zero-order chi connectivity index (χ0) is 6.10. The van der Waals surface area contributed by atoms with Gasteiger partial charge in [0.05, 0.1) is 6.54 Å². The lowest BCUT2D eigenvalue weighted by atomic mass is 10.3. The fourth-order valence-electron chi connectivity index (χ4n) is 1.11. The first-order valence-corrected chi connectivity index (χ1v) is 3.14. The Hall–Kier alpha value is -0.770. The molecule has 1 radical (unpaired) electrons. The van der Waals surface area contributed by atoms with Gasteiger partial charge < -0.3 is 4.90 Å². The zero-order valence-corrected chi connectivity index (χ0v) is 5.12. The molecule has 0 saturated carbocycles. The Morgan fingerprint density at radius 2 is 2.67 bits per heavy atom. The van der Waals surface area contributed by atoms with E-state index in [1.165, 1.54) is 0 Å². The molecule has 0 aromatic rings. The highest BCUT2D eigenvalue weighted by atomic mass is 15.5. The molecule has 0 aromatic carbocycles. The second kappa shape index (κ2) is 1.88. The third kappa shape index (κ3) is 0.751. The molecule has 2 aliphatic heterocycles. The van der Waals surface area contributed by atoms with Crippen LogP contribution in [0.3, 0.4) is 0 Å². The number of hydrogen-bond donors (Lipinski definition) is 1. The van der Waals surface area contributed by atoms with Crippen molar-refractivity contribution in [3.05, 3.63) is 0 Å². The van der Waals surface area contributed by atoms with E-state index in [-0.39, 0.29) is 0 Å². The molecule has 1 unspecified atom stereocenters. The largest absolute Gasteiger partial charge is 0.337 e. The number of piperazine rings is 1. The molecule has 0 aliphatic carbocycles. The van der Waals surface area contributed by atoms with Crippen molar-refractivity contribution in [3.63, 3.8) is 0 Å². The molecular formula is C5H9N4. The summed E-state index contributed by atoms with van der Waals surface area (Å²) in [6.07, 6.45) is 2.21. The fourth-order valence-corrected chi connectivity index (χ4v) is 1.11. The van der Waals surface area contributed by atoms with E-state index in [2.05, 4.69) is 20.7 Å². The van der Waals surface area contributed by atoms with Crippen LogP contribution in [0.25, 0.3) is 0 Å². The van der Waals surface area contributed by atoms with Crippen LogP contribution in [0.2, 0.25) is 0 Å². The van der Waals surface area contributed by atoms with Gasteiger partial charge in [0.15, 0.2) is 0 Å². The molecule has 0 bridgehead atoms. The monoisotopic (exact) mass is 125 g/mol. The third-order valence-electron chi connectivity index (χ3n) is 1.65. The van der Waals surface area contributed by atoms with Gasteiger partial charge in [-0.2, -0.15) is 5.10 Å². The summed E-state index contributed by atoms with van der Waals surface area (Å²) in [5.74, 6) is 0. The molecule has 2 rings (SSSR count). The highest BCUT2D eigenvalue weighted by Gasteiger charge is 2.22. The second-order valence-corrected chi connectivity index (χ2v) is 2.26. The van der Waals surface area contributed by atoms with Crippen LogP contribution in [0, 0.1) is 0 Å². The molecule has 4 nitrogen and oxygen atoms in total. The molecular weight excluding hydrogens is 116 g/mol. The summed E-state index contributed by atoms with van der Waals surface area (Å²) in [5, 5.41) is 8.15. The number of rotatable bonds is 0. The minimum Gasteiger partial charge on any atom is -0.337 e. The molecule has 0 amide bonds. The van der Waals surface area contributed by atoms with Crippen molar-refractivity contribution < 1.29 is 0 Å². The minimum absolute atomic E-state index is 0.360. The summed E-state index contributed by atoms with van der Waals surface area (Å²) in [4.78, 5) is 2.17. The van der Waals surface area contributed by atoms with Gasteiger partial charge in [-0.3, -0.25) is 5.43 Å². The molecule has 9 heavy (non-hydrogen) atoms. The predicted molar refractivity (Wildman–Crippen MR) is 34.0 cm³/mol. The lowest BCUT2D eigenvalue weighted by Crippen LogP contribution is -2.49. The van der Waals surface area contributed by atoms with Gasteiger partial charge in [-0.15, -0.1) is 0 Å². The van der Waals surface area contributed by atoms with Crippen molar-refractivity contribution >= 4 is 6.34 Å². The summed E-state index contributed by atoms with van der Waals surface area (Å²) in [6, 6.07) is 0. The van der Waals surface area contributed by atoms with Crippen LogP contribution in [0.1, 0.15) is 0 Å². The summed E-state index contributed by atoms with van der Waals surface area (Å²) >= 11 is 0. The summed E-state index contributed by atoms with van der Waals surface area (Å²) in [7, 11) is 0. The molecule has 0 spiro atoms. The van der Waals surface area contributed by atoms with E-state index in [0.29, 0.717) is 6.17 Å². The SMILES string of the molecule is C1=NNC2C[N]CCN12. The van der Waals surface area contributed by atoms with Crippen molar-refractivity contribution in [1.82, 2.24) is 15.6 Å². The van der Waals surface area contributed by atoms with Crippen molar-refractivity contribution in [2.75, 3.05) is 19.6 Å². The number of nitrogens with zero attached hydrogens (tertiary/aromatic N) is 3. The molecule has 1 atom stereocenters. The van der Waals surface area contributed by atoms with E-state index in [1.807, 2.05) is 6.34 Å². The molecule has 1 fully saturated rings. The van der Waals surface area contributed by atoms with Crippen LogP contribution >= 0.6 is 0 Å². The Labute approximate surface area is 53.9 Å². The summed E-state index contributed by atoms with van der Waals surface area (Å²) < 4.78 is 0. The Balaban J connectivity index is 2.03. The maximum atomic E-state index is 4.24. The van der Waals surface area contributed by atoms with Gasteiger partial charge >= 0.3 is 0 Å². The number of nitrogens with one attached hydrogen (secondary N) is 1. The quantitative estimate of drug-likeness (QED) is 0.441. The van der Waals surface area contributed by atoms with E-state index in [1.54, 1.807) is 0 Å². The average molecular weight is 125 g/mol. The normalized spacial score (nSPS) is 32.0. The highest BCUT2D eigenvalue weighted by Crippen LogP contribution is 2.01. The number of hydrogen-bond acceptors (Lipinski definition) is 3. The fraction of sp³-hybridized carbons (Fsp3) is 0.800. The zero-order valence-electron chi connectivity index (χ0n) is 5.12. The highest BCUT2D eigenvalue weighted by molar-refractivity contribution is 5.57. The topological polar surface area (TPSA) is 41.7 Å². The van der Waals surface area contributed by atoms with E-state index in [0.717, 1.165) is 19.6 Å². The first-order chi connectivity index (χ1) is 4.47. The van der Waals surface area contributed by atoms with Crippen LogP contribution in [-0.2, 0) is 0 Å². The first kappa shape index (κ1) is 5.05. The van der Waals surface area contributed by atoms with E-state index in [9.17, 15) is 0 Å². The Morgan fingerprint density at radius 3 is 3.56 bits per heavy atom. The lowest BCUT2D eigenvalue weighted by molar-refractivity contribution is 0.250. The number of hydrazone groups is 1. The molecule has 1 N–H and O–H groups in total. The molecule has 2 aliphatic rings.